The third kappa shape index (κ3) is 14.1. The molecular weight excluding hydrogens is 839 g/mol. The smallest absolute Gasteiger partial charge is 0.264 e. The van der Waals surface area contributed by atoms with Crippen LogP contribution in [-0.4, -0.2) is 80.7 Å². The van der Waals surface area contributed by atoms with Gasteiger partial charge in [-0.2, -0.15) is 8.42 Å². The molecule has 10 nitrogen and oxygen atoms in total. The van der Waals surface area contributed by atoms with Crippen molar-refractivity contribution in [2.24, 2.45) is 0 Å². The number of rotatable bonds is 20. The summed E-state index contributed by atoms with van der Waals surface area (Å²) in [6, 6.07) is 20.9. The van der Waals surface area contributed by atoms with Crippen molar-refractivity contribution in [3.63, 3.8) is 0 Å². The van der Waals surface area contributed by atoms with E-state index < -0.39 is 59.5 Å². The van der Waals surface area contributed by atoms with Crippen LogP contribution in [-0.2, 0) is 38.9 Å². The fourth-order valence-corrected chi connectivity index (χ4v) is 15.2. The molecule has 0 radical (unpaired) electrons. The van der Waals surface area contributed by atoms with Crippen LogP contribution in [0, 0.1) is 0 Å². The van der Waals surface area contributed by atoms with Crippen LogP contribution in [0.25, 0.3) is 0 Å². The van der Waals surface area contributed by atoms with E-state index in [1.54, 1.807) is 6.26 Å². The first-order valence-corrected chi connectivity index (χ1v) is 31.5. The van der Waals surface area contributed by atoms with Crippen LogP contribution in [0.5, 0.6) is 0 Å². The van der Waals surface area contributed by atoms with Crippen LogP contribution in [0.2, 0.25) is 41.3 Å². The second kappa shape index (κ2) is 20.3. The highest BCUT2D eigenvalue weighted by Crippen LogP contribution is 2.43. The predicted molar refractivity (Wildman–Crippen MR) is 254 cm³/mol. The average Bonchev–Trinajstić information content (AvgIpc) is 3.60. The molecule has 1 saturated heterocycles. The molecule has 5 atom stereocenters. The zero-order valence-electron chi connectivity index (χ0n) is 39.7. The van der Waals surface area contributed by atoms with Gasteiger partial charge in [-0.05, 0) is 77.4 Å². The van der Waals surface area contributed by atoms with Crippen molar-refractivity contribution in [2.45, 2.75) is 179 Å². The predicted octanol–water partition coefficient (Wildman–Crippen LogP) is 10.2. The van der Waals surface area contributed by atoms with Crippen molar-refractivity contribution in [1.29, 1.82) is 0 Å². The Labute approximate surface area is 371 Å². The number of ether oxygens (including phenoxy) is 1. The minimum Gasteiger partial charge on any atom is -0.446 e. The molecule has 1 aliphatic heterocycles. The van der Waals surface area contributed by atoms with E-state index in [1.807, 2.05) is 12.1 Å². The Morgan fingerprint density at radius 1 is 0.836 bits per heavy atom. The van der Waals surface area contributed by atoms with Gasteiger partial charge in [-0.25, -0.2) is 4.98 Å². The van der Waals surface area contributed by atoms with Gasteiger partial charge in [-0.15, -0.1) is 0 Å². The zero-order valence-corrected chi connectivity index (χ0v) is 43.5. The van der Waals surface area contributed by atoms with Gasteiger partial charge in [-0.3, -0.25) is 4.18 Å². The van der Waals surface area contributed by atoms with Gasteiger partial charge in [0, 0.05) is 19.4 Å². The first-order valence-electron chi connectivity index (χ1n) is 21.9. The molecule has 342 valence electrons. The zero-order chi connectivity index (χ0) is 45.7. The van der Waals surface area contributed by atoms with Gasteiger partial charge in [0.2, 0.25) is 5.89 Å². The molecule has 14 heteroatoms. The summed E-state index contributed by atoms with van der Waals surface area (Å²) in [6.07, 6.45) is 2.57. The summed E-state index contributed by atoms with van der Waals surface area (Å²) in [6.45, 7) is 33.7. The van der Waals surface area contributed by atoms with E-state index >= 15 is 0 Å². The van der Waals surface area contributed by atoms with Crippen molar-refractivity contribution in [1.82, 2.24) is 4.98 Å². The van der Waals surface area contributed by atoms with Gasteiger partial charge in [-0.1, -0.05) is 135 Å². The molecule has 0 bridgehead atoms. The van der Waals surface area contributed by atoms with Crippen LogP contribution in [0.4, 0.5) is 0 Å². The maximum atomic E-state index is 12.7. The lowest BCUT2D eigenvalue weighted by atomic mass is 9.93. The molecule has 1 aromatic heterocycles. The van der Waals surface area contributed by atoms with Crippen LogP contribution >= 0.6 is 0 Å². The summed E-state index contributed by atoms with van der Waals surface area (Å²) in [5.74, 6) is 0.498. The average molecular weight is 916 g/mol. The minimum atomic E-state index is -3.84. The number of hydrogen-bond acceptors (Lipinski definition) is 10. The third-order valence-corrected chi connectivity index (χ3v) is 27.6. The number of benzene rings is 2. The maximum absolute atomic E-state index is 12.7. The SMILES string of the molecule is C=C(C[C@@H](O)CCO[Si](c1ccccc1)(c1ccccc1)C(C)(C)C)C[C@@H](C[C@@H]1C[C@H](O[Si](C)(C)C(C)(C)C)C[C@H](c2coc(CO[Si](C)(C)C(C)(C)C)n2)O1)OS(C)(=O)=O. The van der Waals surface area contributed by atoms with Gasteiger partial charge in [0.1, 0.15) is 24.7 Å². The number of hydrogen-bond donors (Lipinski definition) is 1. The Kier molecular flexibility index (Phi) is 17.1. The number of oxazole rings is 1. The van der Waals surface area contributed by atoms with Gasteiger partial charge < -0.3 is 27.5 Å². The van der Waals surface area contributed by atoms with E-state index in [-0.39, 0.29) is 47.1 Å². The highest BCUT2D eigenvalue weighted by atomic mass is 32.2. The fraction of sp³-hybridized carbons (Fsp3) is 0.638. The number of aliphatic hydroxyl groups is 1. The van der Waals surface area contributed by atoms with Gasteiger partial charge in [0.05, 0.1) is 30.7 Å². The molecule has 1 fully saturated rings. The lowest BCUT2D eigenvalue weighted by Crippen LogP contribution is -2.66. The summed E-state index contributed by atoms with van der Waals surface area (Å²) in [7, 11) is -10.8. The Balaban J connectivity index is 1.48. The third-order valence-electron chi connectivity index (χ3n) is 13.0. The standard InChI is InChI=1S/C47H77NO9SSi3/c1-35(28-36(49)26-27-53-61(47(8,9)10,40-22-18-16-19-23-40)41-24-20-17-21-25-41)29-38(56-58(11,50)51)30-37-31-39(57-60(14,15)46(5,6)7)32-43(55-37)42-33-52-44(48-42)34-54-59(12,13)45(2,3)4/h16-25,33,36-39,43,49H,1,26-32,34H2,2-15H3/t36-,37+,38-,39-,43+/m0/s1. The quantitative estimate of drug-likeness (QED) is 0.0665. The molecule has 0 spiro atoms. The van der Waals surface area contributed by atoms with Crippen molar-refractivity contribution in [3.05, 3.63) is 90.7 Å². The summed E-state index contributed by atoms with van der Waals surface area (Å²) < 4.78 is 64.1. The molecule has 2 heterocycles. The van der Waals surface area contributed by atoms with E-state index in [9.17, 15) is 13.5 Å². The Hall–Kier alpha value is -2.25. The maximum Gasteiger partial charge on any atom is 0.264 e. The lowest BCUT2D eigenvalue weighted by Gasteiger charge is -2.43. The van der Waals surface area contributed by atoms with E-state index in [0.29, 0.717) is 43.0 Å². The van der Waals surface area contributed by atoms with Crippen LogP contribution in [0.1, 0.15) is 119 Å². The molecule has 1 N–H and O–H groups in total. The van der Waals surface area contributed by atoms with Crippen molar-refractivity contribution in [3.8, 4) is 0 Å². The van der Waals surface area contributed by atoms with E-state index in [4.69, 9.17) is 31.6 Å². The summed E-state index contributed by atoms with van der Waals surface area (Å²) >= 11 is 0. The summed E-state index contributed by atoms with van der Waals surface area (Å²) in [4.78, 5) is 4.82. The number of aromatic nitrogens is 1. The molecule has 4 rings (SSSR count). The van der Waals surface area contributed by atoms with Crippen molar-refractivity contribution >= 4 is 45.4 Å². The Morgan fingerprint density at radius 3 is 1.90 bits per heavy atom. The first kappa shape index (κ1) is 51.4. The molecule has 0 saturated carbocycles. The van der Waals surface area contributed by atoms with Crippen LogP contribution in [0.3, 0.4) is 0 Å². The van der Waals surface area contributed by atoms with Gasteiger partial charge in [0.15, 0.2) is 16.6 Å². The topological polar surface area (TPSA) is 127 Å². The van der Waals surface area contributed by atoms with Crippen molar-refractivity contribution in [2.75, 3.05) is 12.9 Å². The molecular formula is C47H77NO9SSi3. The van der Waals surface area contributed by atoms with Crippen LogP contribution in [0.15, 0.2) is 83.5 Å². The first-order chi connectivity index (χ1) is 28.0. The molecule has 0 unspecified atom stereocenters. The van der Waals surface area contributed by atoms with Gasteiger partial charge >= 0.3 is 0 Å². The monoisotopic (exact) mass is 915 g/mol. The highest BCUT2D eigenvalue weighted by molar-refractivity contribution is 7.86. The second-order valence-corrected chi connectivity index (χ2v) is 36.7. The second-order valence-electron chi connectivity index (χ2n) is 21.2. The van der Waals surface area contributed by atoms with Gasteiger partial charge in [0.25, 0.3) is 18.4 Å². The van der Waals surface area contributed by atoms with Crippen LogP contribution < -0.4 is 10.4 Å². The normalized spacial score (nSPS) is 19.8. The molecule has 0 aliphatic carbocycles. The van der Waals surface area contributed by atoms with E-state index in [1.165, 1.54) is 10.4 Å². The summed E-state index contributed by atoms with van der Waals surface area (Å²) in [5, 5.41) is 13.6. The molecule has 0 amide bonds. The minimum absolute atomic E-state index is 0.0104. The highest BCUT2D eigenvalue weighted by Gasteiger charge is 2.50. The Morgan fingerprint density at radius 2 is 1.39 bits per heavy atom. The van der Waals surface area contributed by atoms with E-state index in [0.717, 1.165) is 6.26 Å². The summed E-state index contributed by atoms with van der Waals surface area (Å²) in [5.41, 5.74) is 1.35. The molecule has 2 aromatic carbocycles. The number of aliphatic hydroxyl groups excluding tert-OH is 1. The largest absolute Gasteiger partial charge is 0.446 e. The van der Waals surface area contributed by atoms with E-state index in [2.05, 4.69) is 144 Å². The molecule has 61 heavy (non-hydrogen) atoms. The number of nitrogens with zero attached hydrogens (tertiary/aromatic N) is 1. The molecule has 3 aromatic rings. The molecule has 1 aliphatic rings. The lowest BCUT2D eigenvalue weighted by molar-refractivity contribution is -0.106. The Bertz CT molecular complexity index is 1910. The van der Waals surface area contributed by atoms with Crippen molar-refractivity contribution < 1.29 is 40.1 Å². The fourth-order valence-electron chi connectivity index (χ4n) is 7.65.